The maximum absolute atomic E-state index is 13.3. The Morgan fingerprint density at radius 3 is 2.50 bits per heavy atom. The third kappa shape index (κ3) is 5.93. The quantitative estimate of drug-likeness (QED) is 0.307. The summed E-state index contributed by atoms with van der Waals surface area (Å²) in [5.74, 6) is 0.920. The van der Waals surface area contributed by atoms with Gasteiger partial charge in [0.25, 0.3) is 5.91 Å². The molecule has 8 heteroatoms. The third-order valence-electron chi connectivity index (χ3n) is 5.97. The van der Waals surface area contributed by atoms with Crippen LogP contribution in [0, 0.1) is 5.92 Å². The second-order valence-corrected chi connectivity index (χ2v) is 8.92. The van der Waals surface area contributed by atoms with Crippen molar-refractivity contribution in [3.8, 4) is 5.75 Å². The average Bonchev–Trinajstić information content (AvgIpc) is 2.85. The fraction of sp³-hybridized carbons (Fsp3) is 0.538. The van der Waals surface area contributed by atoms with Gasteiger partial charge in [0.1, 0.15) is 19.3 Å². The van der Waals surface area contributed by atoms with Crippen LogP contribution in [0.25, 0.3) is 0 Å². The molecular formula is C26H36N2O6. The Morgan fingerprint density at radius 1 is 1.09 bits per heavy atom. The SMILES string of the molecule is COCO[C@@]1(Cc2cc(OC)c(COCc3ccccc3)cn2)C(=O)N(COC)[C@H]1CC(C)C. The van der Waals surface area contributed by atoms with Crippen LogP contribution in [0.1, 0.15) is 37.1 Å². The van der Waals surface area contributed by atoms with Gasteiger partial charge in [-0.15, -0.1) is 0 Å². The first-order chi connectivity index (χ1) is 16.4. The third-order valence-corrected chi connectivity index (χ3v) is 5.97. The minimum Gasteiger partial charge on any atom is -0.496 e. The second-order valence-electron chi connectivity index (χ2n) is 8.92. The number of ether oxygens (including phenoxy) is 5. The van der Waals surface area contributed by atoms with E-state index in [-0.39, 0.29) is 25.5 Å². The predicted octanol–water partition coefficient (Wildman–Crippen LogP) is 3.57. The van der Waals surface area contributed by atoms with Crippen LogP contribution < -0.4 is 4.74 Å². The molecule has 2 heterocycles. The van der Waals surface area contributed by atoms with Crippen molar-refractivity contribution in [2.24, 2.45) is 5.92 Å². The Labute approximate surface area is 202 Å². The molecule has 1 amide bonds. The number of methoxy groups -OCH3 is 3. The Morgan fingerprint density at radius 2 is 1.85 bits per heavy atom. The molecule has 1 saturated heterocycles. The molecule has 2 atom stereocenters. The van der Waals surface area contributed by atoms with Crippen LogP contribution >= 0.6 is 0 Å². The summed E-state index contributed by atoms with van der Waals surface area (Å²) >= 11 is 0. The summed E-state index contributed by atoms with van der Waals surface area (Å²) in [6.07, 6.45) is 2.84. The average molecular weight is 473 g/mol. The normalized spacial score (nSPS) is 20.0. The number of pyridine rings is 1. The van der Waals surface area contributed by atoms with Gasteiger partial charge >= 0.3 is 0 Å². The van der Waals surface area contributed by atoms with E-state index in [9.17, 15) is 4.79 Å². The number of β-lactam (4-membered cyclic amide) rings is 1. The lowest BCUT2D eigenvalue weighted by molar-refractivity contribution is -0.235. The molecule has 0 N–H and O–H groups in total. The zero-order valence-corrected chi connectivity index (χ0v) is 20.8. The van der Waals surface area contributed by atoms with Crippen molar-refractivity contribution in [3.63, 3.8) is 0 Å². The number of hydrogen-bond acceptors (Lipinski definition) is 7. The molecule has 3 rings (SSSR count). The van der Waals surface area contributed by atoms with Gasteiger partial charge in [-0.1, -0.05) is 44.2 Å². The van der Waals surface area contributed by atoms with Crippen LogP contribution in [-0.4, -0.2) is 62.3 Å². The van der Waals surface area contributed by atoms with Crippen molar-refractivity contribution < 1.29 is 28.5 Å². The first kappa shape index (κ1) is 26.1. The summed E-state index contributed by atoms with van der Waals surface area (Å²) in [6, 6.07) is 11.7. The van der Waals surface area contributed by atoms with Crippen LogP contribution in [0.15, 0.2) is 42.6 Å². The van der Waals surface area contributed by atoms with Gasteiger partial charge in [-0.3, -0.25) is 9.78 Å². The maximum Gasteiger partial charge on any atom is 0.259 e. The Hall–Kier alpha value is -2.52. The molecule has 8 nitrogen and oxygen atoms in total. The number of nitrogens with zero attached hydrogens (tertiary/aromatic N) is 2. The van der Waals surface area contributed by atoms with E-state index in [2.05, 4.69) is 18.8 Å². The number of benzene rings is 1. The largest absolute Gasteiger partial charge is 0.496 e. The zero-order valence-electron chi connectivity index (χ0n) is 20.8. The molecule has 1 aliphatic heterocycles. The molecule has 34 heavy (non-hydrogen) atoms. The van der Waals surface area contributed by atoms with Gasteiger partial charge in [-0.05, 0) is 17.9 Å². The molecule has 0 bridgehead atoms. The van der Waals surface area contributed by atoms with Crippen molar-refractivity contribution in [2.45, 2.75) is 51.5 Å². The molecular weight excluding hydrogens is 436 g/mol. The van der Waals surface area contributed by atoms with Crippen LogP contribution in [0.3, 0.4) is 0 Å². The highest BCUT2D eigenvalue weighted by molar-refractivity contribution is 5.93. The van der Waals surface area contributed by atoms with Gasteiger partial charge < -0.3 is 28.6 Å². The van der Waals surface area contributed by atoms with E-state index in [4.69, 9.17) is 23.7 Å². The monoisotopic (exact) mass is 472 g/mol. The fourth-order valence-electron chi connectivity index (χ4n) is 4.35. The van der Waals surface area contributed by atoms with E-state index in [1.807, 2.05) is 36.4 Å². The Kier molecular flexibility index (Phi) is 9.41. The van der Waals surface area contributed by atoms with E-state index in [1.165, 1.54) is 0 Å². The molecule has 0 saturated carbocycles. The van der Waals surface area contributed by atoms with Gasteiger partial charge in [-0.2, -0.15) is 0 Å². The number of likely N-dealkylation sites (tertiary alicyclic amines) is 1. The highest BCUT2D eigenvalue weighted by Crippen LogP contribution is 2.41. The molecule has 186 valence electrons. The first-order valence-corrected chi connectivity index (χ1v) is 11.5. The van der Waals surface area contributed by atoms with E-state index in [0.29, 0.717) is 37.0 Å². The van der Waals surface area contributed by atoms with Crippen molar-refractivity contribution in [1.29, 1.82) is 0 Å². The highest BCUT2D eigenvalue weighted by atomic mass is 16.7. The minimum atomic E-state index is -1.05. The van der Waals surface area contributed by atoms with Gasteiger partial charge in [0.2, 0.25) is 0 Å². The molecule has 1 aliphatic rings. The highest BCUT2D eigenvalue weighted by Gasteiger charge is 2.62. The number of rotatable bonds is 14. The summed E-state index contributed by atoms with van der Waals surface area (Å²) in [5.41, 5.74) is 1.60. The minimum absolute atomic E-state index is 0.0176. The van der Waals surface area contributed by atoms with Gasteiger partial charge in [0.15, 0.2) is 5.60 Å². The van der Waals surface area contributed by atoms with Crippen LogP contribution in [0.4, 0.5) is 0 Å². The maximum atomic E-state index is 13.3. The number of aromatic nitrogens is 1. The lowest BCUT2D eigenvalue weighted by Crippen LogP contribution is -2.76. The molecule has 0 unspecified atom stereocenters. The number of carbonyl (C=O) groups is 1. The molecule has 0 radical (unpaired) electrons. The van der Waals surface area contributed by atoms with Crippen LogP contribution in [0.5, 0.6) is 5.75 Å². The van der Waals surface area contributed by atoms with Gasteiger partial charge in [-0.25, -0.2) is 0 Å². The fourth-order valence-corrected chi connectivity index (χ4v) is 4.35. The smallest absolute Gasteiger partial charge is 0.259 e. The summed E-state index contributed by atoms with van der Waals surface area (Å²) < 4.78 is 28.0. The summed E-state index contributed by atoms with van der Waals surface area (Å²) in [7, 11) is 4.75. The first-order valence-electron chi connectivity index (χ1n) is 11.5. The van der Waals surface area contributed by atoms with Crippen LogP contribution in [-0.2, 0) is 43.4 Å². The summed E-state index contributed by atoms with van der Waals surface area (Å²) in [4.78, 5) is 19.6. The van der Waals surface area contributed by atoms with Crippen molar-refractivity contribution in [2.75, 3.05) is 34.9 Å². The van der Waals surface area contributed by atoms with Gasteiger partial charge in [0.05, 0.1) is 26.4 Å². The molecule has 1 aromatic heterocycles. The molecule has 0 aliphatic carbocycles. The van der Waals surface area contributed by atoms with Crippen LogP contribution in [0.2, 0.25) is 0 Å². The number of amides is 1. The van der Waals surface area contributed by atoms with Gasteiger partial charge in [0, 0.05) is 44.2 Å². The summed E-state index contributed by atoms with van der Waals surface area (Å²) in [6.45, 7) is 5.36. The standard InChI is InChI=1S/C26H36N2O6/c1-19(2)11-24-26(34-18-31-4,25(29)28(24)17-30-3)13-22-12-23(32-5)21(14-27-22)16-33-15-20-9-7-6-8-10-20/h6-10,12,14,19,24H,11,13,15-18H2,1-5H3/t24-,26+/m0/s1. The van der Waals surface area contributed by atoms with Crippen molar-refractivity contribution in [3.05, 3.63) is 59.4 Å². The van der Waals surface area contributed by atoms with Crippen molar-refractivity contribution >= 4 is 5.91 Å². The zero-order chi connectivity index (χ0) is 24.6. The van der Waals surface area contributed by atoms with E-state index < -0.39 is 5.60 Å². The van der Waals surface area contributed by atoms with E-state index >= 15 is 0 Å². The molecule has 0 spiro atoms. The lowest BCUT2D eigenvalue weighted by atomic mass is 9.75. The molecule has 1 fully saturated rings. The Balaban J connectivity index is 1.77. The van der Waals surface area contributed by atoms with Crippen molar-refractivity contribution in [1.82, 2.24) is 9.88 Å². The van der Waals surface area contributed by atoms with E-state index in [1.54, 1.807) is 32.4 Å². The topological polar surface area (TPSA) is 79.3 Å². The second kappa shape index (κ2) is 12.3. The molecule has 2 aromatic rings. The lowest BCUT2D eigenvalue weighted by Gasteiger charge is -2.55. The van der Waals surface area contributed by atoms with E-state index in [0.717, 1.165) is 17.5 Å². The number of carbonyl (C=O) groups excluding carboxylic acids is 1. The molecule has 1 aromatic carbocycles. The predicted molar refractivity (Wildman–Crippen MR) is 127 cm³/mol. The Bertz CT molecular complexity index is 923. The number of hydrogen-bond donors (Lipinski definition) is 0. The summed E-state index contributed by atoms with van der Waals surface area (Å²) in [5, 5.41) is 0.